The van der Waals surface area contributed by atoms with Crippen LogP contribution in [0.25, 0.3) is 0 Å². The van der Waals surface area contributed by atoms with Gasteiger partial charge in [-0.15, -0.1) is 0 Å². The number of amides is 4. The lowest BCUT2D eigenvalue weighted by atomic mass is 9.88. The van der Waals surface area contributed by atoms with Gasteiger partial charge in [0.1, 0.15) is 183 Å². The molecule has 0 aromatic carbocycles. The number of rotatable bonds is 28. The van der Waals surface area contributed by atoms with Gasteiger partial charge in [0.25, 0.3) is 5.79 Å². The number of hydrogen-bond acceptors (Lipinski definition) is 42. The number of carboxylic acid groups (broad SMARTS) is 1. The number of aliphatic hydroxyl groups is 22. The Morgan fingerprint density at radius 2 is 0.726 bits per heavy atom. The van der Waals surface area contributed by atoms with Gasteiger partial charge in [0.15, 0.2) is 44.0 Å². The highest BCUT2D eigenvalue weighted by Crippen LogP contribution is 2.42. The van der Waals surface area contributed by atoms with Gasteiger partial charge < -0.3 is 210 Å². The van der Waals surface area contributed by atoms with Crippen LogP contribution in [0.5, 0.6) is 0 Å². The van der Waals surface area contributed by atoms with Crippen LogP contribution in [0.4, 0.5) is 0 Å². The monoisotopic (exact) mass is 1550 g/mol. The van der Waals surface area contributed by atoms with Crippen molar-refractivity contribution >= 4 is 29.6 Å². The van der Waals surface area contributed by atoms with Crippen LogP contribution in [-0.2, 0) is 95.0 Å². The minimum absolute atomic E-state index is 0.797. The Kier molecular flexibility index (Phi) is 30.9. The molecule has 4 amide bonds. The largest absolute Gasteiger partial charge is 0.477 e. The second-order valence-corrected chi connectivity index (χ2v) is 26.7. The highest BCUT2D eigenvalue weighted by atomic mass is 16.8. The van der Waals surface area contributed by atoms with Crippen molar-refractivity contribution in [3.05, 3.63) is 0 Å². The molecular weight excluding hydrogens is 1450 g/mol. The van der Waals surface area contributed by atoms with E-state index in [1.165, 1.54) is 6.92 Å². The van der Waals surface area contributed by atoms with Crippen LogP contribution in [-0.4, -0.2) is 444 Å². The van der Waals surface area contributed by atoms with Gasteiger partial charge in [-0.3, -0.25) is 19.2 Å². The first-order valence-electron chi connectivity index (χ1n) is 33.6. The molecule has 8 aliphatic rings. The average Bonchev–Trinajstić information content (AvgIpc) is 0.759. The molecule has 0 aromatic rings. The zero-order valence-corrected chi connectivity index (χ0v) is 57.2. The van der Waals surface area contributed by atoms with Crippen LogP contribution < -0.4 is 21.3 Å². The van der Waals surface area contributed by atoms with E-state index in [0.29, 0.717) is 0 Å². The zero-order chi connectivity index (χ0) is 78.6. The summed E-state index contributed by atoms with van der Waals surface area (Å²) in [5.41, 5.74) is 0. The molecule has 8 fully saturated rings. The van der Waals surface area contributed by atoms with Gasteiger partial charge >= 0.3 is 5.97 Å². The molecule has 0 unspecified atom stereocenters. The summed E-state index contributed by atoms with van der Waals surface area (Å²) < 4.78 is 88.7. The van der Waals surface area contributed by atoms with Crippen molar-refractivity contribution in [2.24, 2.45) is 0 Å². The molecule has 47 heteroatoms. The molecule has 0 bridgehead atoms. The van der Waals surface area contributed by atoms with E-state index in [1.807, 2.05) is 0 Å². The first kappa shape index (κ1) is 87.4. The average molecular weight is 1550 g/mol. The Bertz CT molecular complexity index is 2860. The fourth-order valence-electron chi connectivity index (χ4n) is 13.7. The lowest BCUT2D eigenvalue weighted by Gasteiger charge is -2.52. The number of nitrogens with one attached hydrogen (secondary N) is 4. The molecule has 8 heterocycles. The van der Waals surface area contributed by atoms with E-state index in [-0.39, 0.29) is 0 Å². The summed E-state index contributed by atoms with van der Waals surface area (Å²) in [6.45, 7) is -3.13. The molecule has 8 aliphatic heterocycles. The minimum atomic E-state index is -3.35. The van der Waals surface area contributed by atoms with Gasteiger partial charge in [0, 0.05) is 34.1 Å². The second-order valence-electron chi connectivity index (χ2n) is 26.7. The predicted octanol–water partition coefficient (Wildman–Crippen LogP) is -17.6. The summed E-state index contributed by atoms with van der Waals surface area (Å²) in [4.78, 5) is 64.6. The van der Waals surface area contributed by atoms with Gasteiger partial charge in [-0.05, 0) is 6.92 Å². The molecule has 8 rings (SSSR count). The van der Waals surface area contributed by atoms with E-state index in [0.717, 1.165) is 27.7 Å². The Hall–Kier alpha value is -4.13. The SMILES string of the molecule is CC(=O)N[C@@H]1[C@@H](O[C@@H]2O[C@H](CO)[C@H](O)[C@H](O[C@@H]3O[C@H](CO)[C@@H](O)[C@H](O[C@@H]4O[C@H](CO)[C@H](O)[C@H](O[C@@H]5O[C@H](CO)[C@@H](O[C@@H]6O[C@@H](C)[C@@H](O)[C@@H](O)[C@@H]6O)[C@H](O[C@@H]6O[C@H](CO)[C@H](O)[C@H](O[C@]7(C(=O)O)C[C@H](O)[C@@H](NC(C)=O)[C@H]([C@H](O)[C@H](O)CO)O7)[C@H]6O)[C@H]5NC(C)=O)[C@H]4O)[C@H]3NC(C)=O)[C@H]2O)[C@@H](O)[C@@H](CO)O[C@@H]1O. The van der Waals surface area contributed by atoms with Crippen LogP contribution in [0.1, 0.15) is 41.0 Å². The lowest BCUT2D eigenvalue weighted by Crippen LogP contribution is -2.72. The van der Waals surface area contributed by atoms with Gasteiger partial charge in [-0.2, -0.15) is 0 Å². The third-order valence-electron chi connectivity index (χ3n) is 19.2. The van der Waals surface area contributed by atoms with Crippen molar-refractivity contribution in [3.63, 3.8) is 0 Å². The fourth-order valence-corrected chi connectivity index (χ4v) is 13.7. The summed E-state index contributed by atoms with van der Waals surface area (Å²) in [6.07, 6.45) is -77.8. The molecule has 8 saturated heterocycles. The Morgan fingerprint density at radius 1 is 0.387 bits per heavy atom. The van der Waals surface area contributed by atoms with E-state index in [1.54, 1.807) is 0 Å². The molecule has 0 spiro atoms. The summed E-state index contributed by atoms with van der Waals surface area (Å²) in [6, 6.07) is -7.53. The predicted molar refractivity (Wildman–Crippen MR) is 327 cm³/mol. The maximum atomic E-state index is 13.5. The normalized spacial score (nSPS) is 47.2. The maximum Gasteiger partial charge on any atom is 0.364 e. The van der Waals surface area contributed by atoms with E-state index < -0.39 is 333 Å². The summed E-state index contributed by atoms with van der Waals surface area (Å²) >= 11 is 0. The van der Waals surface area contributed by atoms with E-state index in [9.17, 15) is 141 Å². The summed E-state index contributed by atoms with van der Waals surface area (Å²) in [5.74, 6) is -9.26. The van der Waals surface area contributed by atoms with E-state index >= 15 is 0 Å². The molecule has 27 N–H and O–H groups in total. The van der Waals surface area contributed by atoms with Crippen LogP contribution in [0.3, 0.4) is 0 Å². The standard InChI is InChI=1S/C59H98N4O43/c1-14-31(77)38(84)39(85)54(92-14)99-43-26(13-70)98-53(30(63-18(5)74)47(43)102-57-42(88)50(37(83)25(12-69)97-57)106-59(58(90)91)6-19(75)27(60-15(2)71)46(105-59)32(78)20(76)7-64)104-49-36(82)24(11-68)96-56(41(49)87)101-45-29(62-17(4)73)52(94-22(9-66)34(45)80)103-48-35(81)23(10-67)95-55(40(48)86)100-44-28(61-16(3)72)51(89)93-21(8-65)33(44)79/h14,19-57,64-70,75-89H,6-13H2,1-5H3,(H,60,71)(H,61,72)(H,62,73)(H,63,74)(H,90,91)/t14-,19-,20+,21+,22+,23+,24+,25+,26+,27+,28+,29+,30+,31+,32+,33-,34+,35-,36-,37-,38+,39-,40+,41+,42+,43+,44+,45+,46+,47+,48-,49-,50-,51-,52-,53-,54-,55-,56-,57-,59-/m0/s1. The smallest absolute Gasteiger partial charge is 0.364 e. The number of carboxylic acids is 1. The lowest BCUT2D eigenvalue weighted by molar-refractivity contribution is -0.399. The van der Waals surface area contributed by atoms with Gasteiger partial charge in [0.2, 0.25) is 23.6 Å². The number of aliphatic hydroxyl groups excluding tert-OH is 22. The molecule has 0 aliphatic carbocycles. The second kappa shape index (κ2) is 37.5. The van der Waals surface area contributed by atoms with Gasteiger partial charge in [0.05, 0.1) is 64.5 Å². The molecule has 0 aromatic heterocycles. The topological polar surface area (TPSA) is 737 Å². The third kappa shape index (κ3) is 19.0. The highest BCUT2D eigenvalue weighted by Gasteiger charge is 2.63. The Morgan fingerprint density at radius 3 is 1.16 bits per heavy atom. The van der Waals surface area contributed by atoms with Crippen molar-refractivity contribution < 1.29 is 212 Å². The zero-order valence-electron chi connectivity index (χ0n) is 57.2. The van der Waals surface area contributed by atoms with Crippen molar-refractivity contribution in [3.8, 4) is 0 Å². The molecule has 0 radical (unpaired) electrons. The van der Waals surface area contributed by atoms with Crippen molar-refractivity contribution in [2.75, 3.05) is 46.2 Å². The molecular formula is C59H98N4O43. The van der Waals surface area contributed by atoms with Crippen LogP contribution in [0.15, 0.2) is 0 Å². The number of ether oxygens (including phenoxy) is 15. The van der Waals surface area contributed by atoms with Crippen LogP contribution >= 0.6 is 0 Å². The van der Waals surface area contributed by atoms with Crippen LogP contribution in [0.2, 0.25) is 0 Å². The molecule has 0 saturated carbocycles. The molecule has 612 valence electrons. The minimum Gasteiger partial charge on any atom is -0.477 e. The summed E-state index contributed by atoms with van der Waals surface area (Å²) in [5, 5.41) is 265. The first-order valence-corrected chi connectivity index (χ1v) is 33.6. The number of aliphatic carboxylic acids is 1. The molecule has 106 heavy (non-hydrogen) atoms. The Balaban J connectivity index is 1.13. The maximum absolute atomic E-state index is 13.5. The van der Waals surface area contributed by atoms with Crippen molar-refractivity contribution in [1.29, 1.82) is 0 Å². The highest BCUT2D eigenvalue weighted by molar-refractivity contribution is 5.77. The third-order valence-corrected chi connectivity index (χ3v) is 19.2. The molecule has 47 nitrogen and oxygen atoms in total. The van der Waals surface area contributed by atoms with E-state index in [2.05, 4.69) is 21.3 Å². The molecule has 41 atom stereocenters. The quantitative estimate of drug-likeness (QED) is 0.0346. The van der Waals surface area contributed by atoms with Crippen molar-refractivity contribution in [2.45, 2.75) is 292 Å². The Labute approximate surface area is 600 Å². The number of hydrogen-bond donors (Lipinski definition) is 27. The first-order chi connectivity index (χ1) is 49.9. The number of carbonyl (C=O) groups is 5. The van der Waals surface area contributed by atoms with Gasteiger partial charge in [-0.1, -0.05) is 0 Å². The van der Waals surface area contributed by atoms with E-state index in [4.69, 9.17) is 71.1 Å². The summed E-state index contributed by atoms with van der Waals surface area (Å²) in [7, 11) is 0. The van der Waals surface area contributed by atoms with Crippen molar-refractivity contribution in [1.82, 2.24) is 21.3 Å². The number of carbonyl (C=O) groups excluding carboxylic acids is 4. The fraction of sp³-hybridized carbons (Fsp3) is 0.915. The van der Waals surface area contributed by atoms with Gasteiger partial charge in [-0.25, -0.2) is 4.79 Å². The van der Waals surface area contributed by atoms with Crippen LogP contribution in [0, 0.1) is 0 Å².